The molecule has 10 heteroatoms. The molecule has 2 amide bonds. The smallest absolute Gasteiger partial charge is 0.318 e. The lowest BCUT2D eigenvalue weighted by Crippen LogP contribution is -2.40. The Hall–Kier alpha value is -2.85. The minimum absolute atomic E-state index is 0.0826. The van der Waals surface area contributed by atoms with E-state index in [1.54, 1.807) is 13.8 Å². The van der Waals surface area contributed by atoms with Crippen molar-refractivity contribution in [2.24, 2.45) is 5.92 Å². The number of piperidine rings is 1. The molecule has 1 heterocycles. The van der Waals surface area contributed by atoms with Crippen LogP contribution in [-0.4, -0.2) is 49.1 Å². The van der Waals surface area contributed by atoms with Gasteiger partial charge in [-0.15, -0.1) is 0 Å². The molecule has 0 atom stereocenters. The predicted molar refractivity (Wildman–Crippen MR) is 120 cm³/mol. The molecule has 2 aromatic rings. The Morgan fingerprint density at radius 1 is 1.12 bits per heavy atom. The number of halogens is 2. The van der Waals surface area contributed by atoms with E-state index in [1.165, 1.54) is 39.5 Å². The van der Waals surface area contributed by atoms with Crippen molar-refractivity contribution in [3.8, 4) is 0 Å². The van der Waals surface area contributed by atoms with Crippen molar-refractivity contribution in [2.45, 2.75) is 44.2 Å². The fourth-order valence-electron chi connectivity index (χ4n) is 3.65. The summed E-state index contributed by atoms with van der Waals surface area (Å²) in [6.45, 7) is 3.75. The second kappa shape index (κ2) is 10.4. The van der Waals surface area contributed by atoms with Gasteiger partial charge < -0.3 is 15.0 Å². The van der Waals surface area contributed by atoms with Crippen LogP contribution in [-0.2, 0) is 21.4 Å². The Labute approximate surface area is 192 Å². The number of nitrogens with zero attached hydrogens (tertiary/aromatic N) is 2. The molecule has 178 valence electrons. The Balaban J connectivity index is 1.70. The molecule has 1 N–H and O–H groups in total. The molecule has 1 saturated heterocycles. The lowest BCUT2D eigenvalue weighted by Gasteiger charge is -2.29. The van der Waals surface area contributed by atoms with Crippen molar-refractivity contribution in [3.05, 3.63) is 59.7 Å². The highest BCUT2D eigenvalue weighted by Crippen LogP contribution is 2.24. The van der Waals surface area contributed by atoms with Crippen molar-refractivity contribution >= 4 is 28.0 Å². The van der Waals surface area contributed by atoms with Gasteiger partial charge in [0, 0.05) is 36.3 Å². The fraction of sp³-hybridized carbons (Fsp3) is 0.391. The van der Waals surface area contributed by atoms with Gasteiger partial charge in [0.25, 0.3) is 0 Å². The lowest BCUT2D eigenvalue weighted by atomic mass is 10.0. The third-order valence-electron chi connectivity index (χ3n) is 5.71. The van der Waals surface area contributed by atoms with Gasteiger partial charge in [-0.2, -0.15) is 4.31 Å². The molecule has 2 aromatic carbocycles. The maximum Gasteiger partial charge on any atom is 0.322 e. The van der Waals surface area contributed by atoms with Gasteiger partial charge in [0.2, 0.25) is 10.0 Å². The van der Waals surface area contributed by atoms with Crippen LogP contribution in [0.4, 0.5) is 19.3 Å². The molecule has 0 bridgehead atoms. The maximum absolute atomic E-state index is 14.0. The number of urea groups is 1. The van der Waals surface area contributed by atoms with Gasteiger partial charge in [-0.1, -0.05) is 6.07 Å². The van der Waals surface area contributed by atoms with Crippen LogP contribution in [0.5, 0.6) is 0 Å². The molecule has 1 aliphatic heterocycles. The highest BCUT2D eigenvalue weighted by Gasteiger charge is 2.29. The van der Waals surface area contributed by atoms with Crippen molar-refractivity contribution in [3.63, 3.8) is 0 Å². The Bertz CT molecular complexity index is 1080. The molecular weight excluding hydrogens is 452 g/mol. The van der Waals surface area contributed by atoms with E-state index in [1.807, 2.05) is 0 Å². The number of hydrogen-bond acceptors (Lipinski definition) is 4. The largest absolute Gasteiger partial charge is 0.322 e. The maximum atomic E-state index is 14.0. The number of benzene rings is 2. The van der Waals surface area contributed by atoms with E-state index in [0.29, 0.717) is 18.5 Å². The van der Waals surface area contributed by atoms with Gasteiger partial charge in [-0.05, 0) is 63.1 Å². The van der Waals surface area contributed by atoms with Crippen LogP contribution < -0.4 is 5.32 Å². The van der Waals surface area contributed by atoms with Crippen molar-refractivity contribution in [2.75, 3.05) is 18.4 Å². The highest BCUT2D eigenvalue weighted by molar-refractivity contribution is 7.89. The zero-order valence-electron chi connectivity index (χ0n) is 18.5. The first-order valence-electron chi connectivity index (χ1n) is 10.7. The Kier molecular flexibility index (Phi) is 7.80. The summed E-state index contributed by atoms with van der Waals surface area (Å²) in [4.78, 5) is 25.0. The number of hydrogen-bond donors (Lipinski definition) is 1. The van der Waals surface area contributed by atoms with E-state index in [0.717, 1.165) is 18.4 Å². The summed E-state index contributed by atoms with van der Waals surface area (Å²) in [5.41, 5.74) is 0.138. The van der Waals surface area contributed by atoms with E-state index in [-0.39, 0.29) is 42.1 Å². The summed E-state index contributed by atoms with van der Waals surface area (Å²) < 4.78 is 55.1. The number of carbonyl (C=O) groups is 2. The van der Waals surface area contributed by atoms with Crippen LogP contribution >= 0.6 is 0 Å². The molecule has 0 radical (unpaired) electrons. The number of amides is 2. The van der Waals surface area contributed by atoms with Crippen LogP contribution in [0.1, 0.15) is 32.3 Å². The van der Waals surface area contributed by atoms with Crippen LogP contribution in [0.25, 0.3) is 0 Å². The summed E-state index contributed by atoms with van der Waals surface area (Å²) in [6, 6.07) is 8.33. The van der Waals surface area contributed by atoms with Gasteiger partial charge in [0.15, 0.2) is 0 Å². The number of aldehydes is 1. The average Bonchev–Trinajstić information content (AvgIpc) is 2.79. The van der Waals surface area contributed by atoms with E-state index in [2.05, 4.69) is 5.32 Å². The molecule has 0 spiro atoms. The second-order valence-electron chi connectivity index (χ2n) is 8.25. The Morgan fingerprint density at radius 2 is 1.70 bits per heavy atom. The number of rotatable bonds is 7. The van der Waals surface area contributed by atoms with Gasteiger partial charge in [-0.25, -0.2) is 22.0 Å². The number of carbonyl (C=O) groups excluding carboxylic acids is 2. The summed E-state index contributed by atoms with van der Waals surface area (Å²) in [7, 11) is -3.71. The van der Waals surface area contributed by atoms with Gasteiger partial charge in [0.05, 0.1) is 11.4 Å². The fourth-order valence-corrected chi connectivity index (χ4v) is 5.12. The molecule has 0 saturated carbocycles. The third-order valence-corrected chi connectivity index (χ3v) is 7.62. The summed E-state index contributed by atoms with van der Waals surface area (Å²) >= 11 is 0. The summed E-state index contributed by atoms with van der Waals surface area (Å²) in [5.74, 6) is -1.59. The van der Waals surface area contributed by atoms with E-state index in [4.69, 9.17) is 0 Å². The lowest BCUT2D eigenvalue weighted by molar-refractivity contribution is -0.112. The zero-order chi connectivity index (χ0) is 24.2. The quantitative estimate of drug-likeness (QED) is 0.608. The number of anilines is 1. The molecule has 7 nitrogen and oxygen atoms in total. The highest BCUT2D eigenvalue weighted by atomic mass is 32.2. The monoisotopic (exact) mass is 479 g/mol. The standard InChI is InChI=1S/C23H27F2N3O4S/c1-16(2)28(14-20-21(24)4-3-5-22(20)25)23(30)26-18-6-8-19(9-7-18)33(31,32)27-12-10-17(15-29)11-13-27/h3-9,15-17H,10-14H2,1-2H3,(H,26,30). The number of nitrogens with one attached hydrogen (secondary N) is 1. The van der Waals surface area contributed by atoms with E-state index >= 15 is 0 Å². The van der Waals surface area contributed by atoms with Crippen LogP contribution in [0.2, 0.25) is 0 Å². The molecule has 33 heavy (non-hydrogen) atoms. The van der Waals surface area contributed by atoms with Gasteiger partial charge >= 0.3 is 6.03 Å². The zero-order valence-corrected chi connectivity index (χ0v) is 19.3. The molecule has 0 aliphatic carbocycles. The molecular formula is C23H27F2N3O4S. The summed E-state index contributed by atoms with van der Waals surface area (Å²) in [6.07, 6.45) is 1.84. The second-order valence-corrected chi connectivity index (χ2v) is 10.2. The molecule has 1 aliphatic rings. The van der Waals surface area contributed by atoms with Crippen molar-refractivity contribution in [1.82, 2.24) is 9.21 Å². The normalized spacial score (nSPS) is 15.4. The first-order valence-corrected chi connectivity index (χ1v) is 12.1. The first kappa shape index (κ1) is 24.8. The van der Waals surface area contributed by atoms with Crippen molar-refractivity contribution in [1.29, 1.82) is 0 Å². The van der Waals surface area contributed by atoms with Gasteiger partial charge in [-0.3, -0.25) is 0 Å². The molecule has 0 unspecified atom stereocenters. The molecule has 0 aromatic heterocycles. The van der Waals surface area contributed by atoms with Crippen molar-refractivity contribution < 1.29 is 26.8 Å². The van der Waals surface area contributed by atoms with Crippen LogP contribution in [0.15, 0.2) is 47.4 Å². The third kappa shape index (κ3) is 5.75. The van der Waals surface area contributed by atoms with Gasteiger partial charge in [0.1, 0.15) is 17.9 Å². The predicted octanol–water partition coefficient (Wildman–Crippen LogP) is 4.01. The van der Waals surface area contributed by atoms with E-state index in [9.17, 15) is 26.8 Å². The minimum Gasteiger partial charge on any atom is -0.318 e. The Morgan fingerprint density at radius 3 is 2.21 bits per heavy atom. The number of sulfonamides is 1. The minimum atomic E-state index is -3.71. The molecule has 3 rings (SSSR count). The molecule has 1 fully saturated rings. The SMILES string of the molecule is CC(C)N(Cc1c(F)cccc1F)C(=O)Nc1ccc(S(=O)(=O)N2CCC(C=O)CC2)cc1. The van der Waals surface area contributed by atoms with Crippen LogP contribution in [0, 0.1) is 17.6 Å². The van der Waals surface area contributed by atoms with E-state index < -0.39 is 27.7 Å². The van der Waals surface area contributed by atoms with Crippen LogP contribution in [0.3, 0.4) is 0 Å². The average molecular weight is 480 g/mol. The first-order chi connectivity index (χ1) is 15.6. The topological polar surface area (TPSA) is 86.8 Å². The summed E-state index contributed by atoms with van der Waals surface area (Å²) in [5, 5.41) is 2.65.